The highest BCUT2D eigenvalue weighted by atomic mass is 35.5. The Kier molecular flexibility index (Phi) is 5.34. The predicted octanol–water partition coefficient (Wildman–Crippen LogP) is 5.37. The summed E-state index contributed by atoms with van der Waals surface area (Å²) in [7, 11) is 0. The highest BCUT2D eigenvalue weighted by Gasteiger charge is 2.25. The van der Waals surface area contributed by atoms with Crippen molar-refractivity contribution in [1.82, 2.24) is 4.72 Å². The van der Waals surface area contributed by atoms with E-state index in [1.54, 1.807) is 26.0 Å². The van der Waals surface area contributed by atoms with E-state index in [-0.39, 0.29) is 6.03 Å². The maximum Gasteiger partial charge on any atom is 0.329 e. The monoisotopic (exact) mass is 416 g/mol. The van der Waals surface area contributed by atoms with Crippen molar-refractivity contribution < 1.29 is 9.90 Å². The van der Waals surface area contributed by atoms with Crippen molar-refractivity contribution in [3.8, 4) is 0 Å². The molecule has 28 heavy (non-hydrogen) atoms. The van der Waals surface area contributed by atoms with Gasteiger partial charge >= 0.3 is 6.03 Å². The Morgan fingerprint density at radius 3 is 2.29 bits per heavy atom. The molecule has 4 nitrogen and oxygen atoms in total. The van der Waals surface area contributed by atoms with Crippen LogP contribution in [-0.2, 0) is 31.3 Å². The summed E-state index contributed by atoms with van der Waals surface area (Å²) >= 11 is 7.38. The lowest BCUT2D eigenvalue weighted by molar-refractivity contribution is 0.0784. The van der Waals surface area contributed by atoms with E-state index in [4.69, 9.17) is 11.6 Å². The van der Waals surface area contributed by atoms with Gasteiger partial charge in [-0.05, 0) is 110 Å². The Hall–Kier alpha value is -1.69. The van der Waals surface area contributed by atoms with Crippen LogP contribution in [0.1, 0.15) is 54.5 Å². The minimum atomic E-state index is -0.992. The number of carbonyl (C=O) groups is 1. The normalized spacial score (nSPS) is 15.3. The van der Waals surface area contributed by atoms with E-state index in [0.29, 0.717) is 10.6 Å². The SMILES string of the molecule is CC(C)(O)c1cc(Cl)cc(SNC(=O)Nc2c3c(cc4c2CCC4)CCC3)c1. The zero-order valence-electron chi connectivity index (χ0n) is 16.2. The van der Waals surface area contributed by atoms with Crippen LogP contribution in [0.4, 0.5) is 10.5 Å². The highest BCUT2D eigenvalue weighted by Crippen LogP contribution is 2.38. The third-order valence-corrected chi connectivity index (χ3v) is 6.53. The number of rotatable bonds is 4. The van der Waals surface area contributed by atoms with Crippen LogP contribution >= 0.6 is 23.5 Å². The van der Waals surface area contributed by atoms with Gasteiger partial charge in [0.2, 0.25) is 0 Å². The van der Waals surface area contributed by atoms with Crippen molar-refractivity contribution in [3.63, 3.8) is 0 Å². The van der Waals surface area contributed by atoms with Gasteiger partial charge in [0.1, 0.15) is 0 Å². The predicted molar refractivity (Wildman–Crippen MR) is 115 cm³/mol. The van der Waals surface area contributed by atoms with Gasteiger partial charge < -0.3 is 10.4 Å². The molecular weight excluding hydrogens is 392 g/mol. The number of carbonyl (C=O) groups excluding carboxylic acids is 1. The van der Waals surface area contributed by atoms with Crippen LogP contribution < -0.4 is 10.0 Å². The van der Waals surface area contributed by atoms with Crippen molar-refractivity contribution in [1.29, 1.82) is 0 Å². The van der Waals surface area contributed by atoms with E-state index >= 15 is 0 Å². The lowest BCUT2D eigenvalue weighted by atomic mass is 9.99. The first-order valence-corrected chi connectivity index (χ1v) is 10.9. The standard InChI is InChI=1S/C22H25ClN2O2S/c1-22(2,27)15-10-16(23)12-17(11-15)28-25-21(26)24-20-18-7-3-5-13(18)9-14-6-4-8-19(14)20/h9-12,27H,3-8H2,1-2H3,(H2,24,25,26). The molecule has 2 aromatic rings. The van der Waals surface area contributed by atoms with E-state index < -0.39 is 5.60 Å². The molecule has 2 aliphatic rings. The van der Waals surface area contributed by atoms with Crippen LogP contribution in [-0.4, -0.2) is 11.1 Å². The Labute approximate surface area is 175 Å². The lowest BCUT2D eigenvalue weighted by Crippen LogP contribution is -2.24. The molecule has 3 N–H and O–H groups in total. The Morgan fingerprint density at radius 1 is 1.04 bits per heavy atom. The van der Waals surface area contributed by atoms with E-state index in [1.165, 1.54) is 34.2 Å². The van der Waals surface area contributed by atoms with E-state index in [1.807, 2.05) is 6.07 Å². The van der Waals surface area contributed by atoms with Gasteiger partial charge in [-0.2, -0.15) is 0 Å². The average Bonchev–Trinajstić information content (AvgIpc) is 3.27. The fraction of sp³-hybridized carbons (Fsp3) is 0.409. The second-order valence-electron chi connectivity index (χ2n) is 8.13. The summed E-state index contributed by atoms with van der Waals surface area (Å²) in [6.45, 7) is 3.42. The number of halogens is 1. The molecule has 0 unspecified atom stereocenters. The van der Waals surface area contributed by atoms with E-state index in [2.05, 4.69) is 16.1 Å². The molecule has 0 bridgehead atoms. The number of amides is 2. The molecule has 148 valence electrons. The van der Waals surface area contributed by atoms with Gasteiger partial charge in [-0.25, -0.2) is 4.79 Å². The fourth-order valence-electron chi connectivity index (χ4n) is 4.19. The van der Waals surface area contributed by atoms with Gasteiger partial charge in [-0.1, -0.05) is 17.7 Å². The largest absolute Gasteiger partial charge is 0.386 e. The number of hydrogen-bond acceptors (Lipinski definition) is 3. The smallest absolute Gasteiger partial charge is 0.329 e. The Morgan fingerprint density at radius 2 is 1.68 bits per heavy atom. The van der Waals surface area contributed by atoms with Crippen molar-refractivity contribution in [2.24, 2.45) is 0 Å². The summed E-state index contributed by atoms with van der Waals surface area (Å²) in [5, 5.41) is 13.9. The number of benzene rings is 2. The van der Waals surface area contributed by atoms with Gasteiger partial charge in [0.15, 0.2) is 0 Å². The number of anilines is 1. The number of nitrogens with one attached hydrogen (secondary N) is 2. The molecule has 0 saturated carbocycles. The lowest BCUT2D eigenvalue weighted by Gasteiger charge is -2.19. The molecule has 2 aliphatic carbocycles. The maximum atomic E-state index is 12.6. The first-order chi connectivity index (χ1) is 13.3. The molecule has 6 heteroatoms. The molecule has 0 aromatic heterocycles. The van der Waals surface area contributed by atoms with E-state index in [0.717, 1.165) is 49.1 Å². The maximum absolute atomic E-state index is 12.6. The van der Waals surface area contributed by atoms with Crippen LogP contribution in [0.2, 0.25) is 5.02 Å². The summed E-state index contributed by atoms with van der Waals surface area (Å²) in [4.78, 5) is 13.4. The summed E-state index contributed by atoms with van der Waals surface area (Å²) in [5.41, 5.74) is 6.17. The van der Waals surface area contributed by atoms with Crippen molar-refractivity contribution in [3.05, 3.63) is 57.1 Å². The van der Waals surface area contributed by atoms with Crippen LogP contribution in [0, 0.1) is 0 Å². The third-order valence-electron chi connectivity index (χ3n) is 5.55. The number of hydrogen-bond donors (Lipinski definition) is 3. The van der Waals surface area contributed by atoms with Gasteiger partial charge in [0, 0.05) is 15.6 Å². The number of aryl methyl sites for hydroxylation is 2. The zero-order valence-corrected chi connectivity index (χ0v) is 17.8. The Balaban J connectivity index is 1.49. The fourth-order valence-corrected chi connectivity index (χ4v) is 5.12. The molecule has 0 heterocycles. The minimum absolute atomic E-state index is 0.232. The highest BCUT2D eigenvalue weighted by molar-refractivity contribution is 7.98. The summed E-state index contributed by atoms with van der Waals surface area (Å²) in [6.07, 6.45) is 6.60. The van der Waals surface area contributed by atoms with Gasteiger partial charge in [0.25, 0.3) is 0 Å². The van der Waals surface area contributed by atoms with Crippen molar-refractivity contribution in [2.75, 3.05) is 5.32 Å². The van der Waals surface area contributed by atoms with Gasteiger partial charge in [0.05, 0.1) is 5.60 Å². The molecule has 0 fully saturated rings. The first-order valence-electron chi connectivity index (χ1n) is 9.75. The molecule has 2 amide bonds. The van der Waals surface area contributed by atoms with Crippen molar-refractivity contribution in [2.45, 2.75) is 62.9 Å². The molecule has 0 radical (unpaired) electrons. The topological polar surface area (TPSA) is 61.4 Å². The second kappa shape index (κ2) is 7.62. The summed E-state index contributed by atoms with van der Waals surface area (Å²) in [5.74, 6) is 0. The van der Waals surface area contributed by atoms with Gasteiger partial charge in [-0.3, -0.25) is 4.72 Å². The quantitative estimate of drug-likeness (QED) is 0.587. The van der Waals surface area contributed by atoms with E-state index in [9.17, 15) is 9.90 Å². The van der Waals surface area contributed by atoms with Crippen LogP contribution in [0.25, 0.3) is 0 Å². The molecular formula is C22H25ClN2O2S. The second-order valence-corrected chi connectivity index (χ2v) is 9.44. The number of fused-ring (bicyclic) bond motifs is 2. The zero-order chi connectivity index (χ0) is 19.9. The summed E-state index contributed by atoms with van der Waals surface area (Å²) < 4.78 is 2.86. The molecule has 4 rings (SSSR count). The minimum Gasteiger partial charge on any atom is -0.386 e. The first kappa shape index (κ1) is 19.6. The average molecular weight is 417 g/mol. The summed E-state index contributed by atoms with van der Waals surface area (Å²) in [6, 6.07) is 7.48. The van der Waals surface area contributed by atoms with Crippen molar-refractivity contribution >= 4 is 35.3 Å². The van der Waals surface area contributed by atoms with Crippen LogP contribution in [0.3, 0.4) is 0 Å². The molecule has 0 spiro atoms. The van der Waals surface area contributed by atoms with Gasteiger partial charge in [-0.15, -0.1) is 0 Å². The van der Waals surface area contributed by atoms with Crippen LogP contribution in [0.15, 0.2) is 29.2 Å². The number of aliphatic hydroxyl groups is 1. The molecule has 0 atom stereocenters. The third kappa shape index (κ3) is 4.02. The Bertz CT molecular complexity index is 905. The molecule has 2 aromatic carbocycles. The molecule has 0 aliphatic heterocycles. The van der Waals surface area contributed by atoms with Crippen LogP contribution in [0.5, 0.6) is 0 Å². The molecule has 0 saturated heterocycles. The number of urea groups is 1.